The Morgan fingerprint density at radius 3 is 0.638 bits per heavy atom. The molecule has 0 aromatic carbocycles. The standard InChI is InChI=1S/C92H184O2/c1-15-29-43-57-71-85(88(86(93)94,75-61-47-33-19-5)76-62-48-34-20-6)89(77-63-49-35-21-7,78-64-50-36-22-8)91(81-67-53-39-25-11,82-68-54-40-26-12)92(83-69-55-41-27-13,84-70-56-42-28-14)90(79-65-51-37-23-9,80-66-52-38-24-10)87(72-58-44-30-16-2,73-59-45-31-17-3)74-60-46-32-18-4/h85H,15-84H2,1-14H3,(H,93,94). The van der Waals surface area contributed by atoms with Gasteiger partial charge in [0.05, 0.1) is 5.41 Å². The fourth-order valence-electron chi connectivity index (χ4n) is 21.1. The molecular weight excluding hydrogens is 1140 g/mol. The van der Waals surface area contributed by atoms with Gasteiger partial charge in [0.2, 0.25) is 0 Å². The van der Waals surface area contributed by atoms with Gasteiger partial charge in [-0.15, -0.1) is 0 Å². The van der Waals surface area contributed by atoms with Crippen molar-refractivity contribution in [1.29, 1.82) is 0 Å². The van der Waals surface area contributed by atoms with Crippen LogP contribution in [0.1, 0.15) is 546 Å². The van der Waals surface area contributed by atoms with Crippen LogP contribution in [0, 0.1) is 38.4 Å². The minimum Gasteiger partial charge on any atom is -0.481 e. The average molecular weight is 1320 g/mol. The number of carboxylic acids is 1. The Labute approximate surface area is 597 Å². The van der Waals surface area contributed by atoms with E-state index >= 15 is 4.79 Å². The molecule has 2 heteroatoms. The molecule has 0 rings (SSSR count). The van der Waals surface area contributed by atoms with Crippen molar-refractivity contribution in [1.82, 2.24) is 0 Å². The first-order valence-corrected chi connectivity index (χ1v) is 45.2. The van der Waals surface area contributed by atoms with Crippen molar-refractivity contribution >= 4 is 5.97 Å². The number of rotatable bonds is 77. The SMILES string of the molecule is CCCCCCC(C(CCCCCC)(CCCCCC)C(=O)O)C(CCCCCC)(CCCCCC)C(CCCCCC)(CCCCCC)C(CCCCCC)(CCCCCC)C(CCCCCC)(CCCCCC)C(CCCCCC)(CCCCCC)CCCCCC. The molecule has 0 spiro atoms. The lowest BCUT2D eigenvalue weighted by atomic mass is 9.29. The Hall–Kier alpha value is -0.530. The van der Waals surface area contributed by atoms with Crippen molar-refractivity contribution in [3.05, 3.63) is 0 Å². The first-order valence-electron chi connectivity index (χ1n) is 45.2. The lowest BCUT2D eigenvalue weighted by molar-refractivity contribution is -0.266. The third kappa shape index (κ3) is 33.1. The topological polar surface area (TPSA) is 37.3 Å². The molecule has 1 unspecified atom stereocenters. The van der Waals surface area contributed by atoms with Crippen molar-refractivity contribution in [2.75, 3.05) is 0 Å². The Balaban J connectivity index is 12.0. The van der Waals surface area contributed by atoms with E-state index in [1.54, 1.807) is 0 Å². The summed E-state index contributed by atoms with van der Waals surface area (Å²) in [5.41, 5.74) is -0.286. The number of hydrogen-bond donors (Lipinski definition) is 1. The number of carboxylic acid groups (broad SMARTS) is 1. The van der Waals surface area contributed by atoms with Crippen LogP contribution in [0.3, 0.4) is 0 Å². The highest BCUT2D eigenvalue weighted by atomic mass is 16.4. The fourth-order valence-corrected chi connectivity index (χ4v) is 21.1. The van der Waals surface area contributed by atoms with Crippen molar-refractivity contribution in [2.45, 2.75) is 546 Å². The average Bonchev–Trinajstić information content (AvgIpc) is 0.674. The third-order valence-corrected chi connectivity index (χ3v) is 26.1. The number of carbonyl (C=O) groups is 1. The van der Waals surface area contributed by atoms with Crippen LogP contribution in [0.4, 0.5) is 0 Å². The molecule has 1 N–H and O–H groups in total. The molecule has 0 aromatic heterocycles. The quantitative estimate of drug-likeness (QED) is 0.0616. The molecule has 0 amide bonds. The van der Waals surface area contributed by atoms with E-state index < -0.39 is 5.41 Å². The molecule has 0 aromatic rings. The molecule has 0 aliphatic rings. The van der Waals surface area contributed by atoms with E-state index in [2.05, 4.69) is 96.9 Å². The summed E-state index contributed by atoms with van der Waals surface area (Å²) in [5, 5.41) is 13.5. The summed E-state index contributed by atoms with van der Waals surface area (Å²) in [6.45, 7) is 34.7. The lowest BCUT2D eigenvalue weighted by Crippen LogP contribution is -2.68. The van der Waals surface area contributed by atoms with Gasteiger partial charge in [0, 0.05) is 0 Å². The molecular formula is C92H184O2. The van der Waals surface area contributed by atoms with Crippen molar-refractivity contribution in [3.63, 3.8) is 0 Å². The van der Waals surface area contributed by atoms with Gasteiger partial charge in [0.1, 0.15) is 0 Å². The van der Waals surface area contributed by atoms with Crippen LogP contribution in [0.25, 0.3) is 0 Å². The Morgan fingerprint density at radius 2 is 0.404 bits per heavy atom. The second-order valence-corrected chi connectivity index (χ2v) is 33.1. The van der Waals surface area contributed by atoms with Crippen LogP contribution in [0.2, 0.25) is 0 Å². The summed E-state index contributed by atoms with van der Waals surface area (Å²) < 4.78 is 0. The van der Waals surface area contributed by atoms with Gasteiger partial charge in [-0.05, 0) is 123 Å². The molecule has 0 saturated heterocycles. The summed E-state index contributed by atoms with van der Waals surface area (Å²) in [7, 11) is 0. The molecule has 0 radical (unpaired) electrons. The van der Waals surface area contributed by atoms with Crippen LogP contribution in [-0.4, -0.2) is 11.1 Å². The van der Waals surface area contributed by atoms with Crippen molar-refractivity contribution < 1.29 is 9.90 Å². The molecule has 0 saturated carbocycles. The van der Waals surface area contributed by atoms with E-state index in [0.717, 1.165) is 32.1 Å². The highest BCUT2D eigenvalue weighted by Gasteiger charge is 2.73. The Kier molecular flexibility index (Phi) is 61.9. The first kappa shape index (κ1) is 93.5. The second-order valence-electron chi connectivity index (χ2n) is 33.1. The van der Waals surface area contributed by atoms with Gasteiger partial charge in [-0.1, -0.05) is 456 Å². The van der Waals surface area contributed by atoms with E-state index in [-0.39, 0.29) is 39.0 Å². The predicted molar refractivity (Wildman–Crippen MR) is 428 cm³/mol. The van der Waals surface area contributed by atoms with E-state index in [0.29, 0.717) is 0 Å². The number of unbranched alkanes of at least 4 members (excludes halogenated alkanes) is 42. The maximum Gasteiger partial charge on any atom is 0.309 e. The maximum atomic E-state index is 16.4. The molecule has 564 valence electrons. The lowest BCUT2D eigenvalue weighted by Gasteiger charge is -2.75. The predicted octanol–water partition coefficient (Wildman–Crippen LogP) is 34.2. The molecule has 0 aliphatic carbocycles. The summed E-state index contributed by atoms with van der Waals surface area (Å²) in [5.74, 6) is -0.146. The van der Waals surface area contributed by atoms with Gasteiger partial charge in [-0.2, -0.15) is 0 Å². The fraction of sp³-hybridized carbons (Fsp3) is 0.989. The third-order valence-electron chi connectivity index (χ3n) is 26.1. The summed E-state index contributed by atoms with van der Waals surface area (Å²) in [4.78, 5) is 16.4. The zero-order chi connectivity index (χ0) is 69.7. The van der Waals surface area contributed by atoms with Gasteiger partial charge in [0.15, 0.2) is 0 Å². The van der Waals surface area contributed by atoms with Crippen LogP contribution in [-0.2, 0) is 4.79 Å². The zero-order valence-corrected chi connectivity index (χ0v) is 68.4. The minimum absolute atomic E-state index is 0.0122. The number of hydrogen-bond acceptors (Lipinski definition) is 1. The van der Waals surface area contributed by atoms with E-state index in [1.807, 2.05) is 0 Å². The Bertz CT molecular complexity index is 1480. The minimum atomic E-state index is -0.722. The zero-order valence-electron chi connectivity index (χ0n) is 68.4. The van der Waals surface area contributed by atoms with E-state index in [4.69, 9.17) is 0 Å². The number of aliphatic carboxylic acids is 1. The first-order chi connectivity index (χ1) is 45.9. The normalized spacial score (nSPS) is 13.3. The highest BCUT2D eigenvalue weighted by Crippen LogP contribution is 2.80. The van der Waals surface area contributed by atoms with Crippen molar-refractivity contribution in [2.24, 2.45) is 38.4 Å². The molecule has 1 atom stereocenters. The van der Waals surface area contributed by atoms with Gasteiger partial charge >= 0.3 is 5.97 Å². The second kappa shape index (κ2) is 62.3. The maximum absolute atomic E-state index is 16.4. The van der Waals surface area contributed by atoms with Crippen LogP contribution < -0.4 is 0 Å². The van der Waals surface area contributed by atoms with Crippen LogP contribution >= 0.6 is 0 Å². The summed E-state index contributed by atoms with van der Waals surface area (Å²) >= 11 is 0. The summed E-state index contributed by atoms with van der Waals surface area (Å²) in [6, 6.07) is 0. The largest absolute Gasteiger partial charge is 0.481 e. The molecule has 94 heavy (non-hydrogen) atoms. The monoisotopic (exact) mass is 1320 g/mol. The van der Waals surface area contributed by atoms with E-state index in [9.17, 15) is 5.11 Å². The molecule has 2 nitrogen and oxygen atoms in total. The van der Waals surface area contributed by atoms with Crippen molar-refractivity contribution in [3.8, 4) is 0 Å². The molecule has 0 aliphatic heterocycles. The highest BCUT2D eigenvalue weighted by molar-refractivity contribution is 5.75. The molecule has 0 bridgehead atoms. The summed E-state index contributed by atoms with van der Waals surface area (Å²) in [6.07, 6.45) is 92.3. The Morgan fingerprint density at radius 1 is 0.213 bits per heavy atom. The van der Waals surface area contributed by atoms with Gasteiger partial charge < -0.3 is 5.11 Å². The van der Waals surface area contributed by atoms with Gasteiger partial charge in [-0.25, -0.2) is 0 Å². The van der Waals surface area contributed by atoms with Crippen LogP contribution in [0.5, 0.6) is 0 Å². The smallest absolute Gasteiger partial charge is 0.309 e. The molecule has 0 heterocycles. The van der Waals surface area contributed by atoms with Gasteiger partial charge in [0.25, 0.3) is 0 Å². The van der Waals surface area contributed by atoms with E-state index in [1.165, 1.54) is 417 Å². The van der Waals surface area contributed by atoms with Crippen LogP contribution in [0.15, 0.2) is 0 Å². The van der Waals surface area contributed by atoms with Gasteiger partial charge in [-0.3, -0.25) is 4.79 Å². The molecule has 0 fully saturated rings.